The Hall–Kier alpha value is -1.80. The van der Waals surface area contributed by atoms with Gasteiger partial charge in [-0.15, -0.1) is 12.3 Å². The average molecular weight is 283 g/mol. The monoisotopic (exact) mass is 283 g/mol. The molecule has 0 aliphatic carbocycles. The van der Waals surface area contributed by atoms with E-state index in [2.05, 4.69) is 16.0 Å². The Bertz CT molecular complexity index is 444. The Kier molecular flexibility index (Phi) is 7.44. The molecule has 0 bridgehead atoms. The lowest BCUT2D eigenvalue weighted by atomic mass is 10.2. The summed E-state index contributed by atoms with van der Waals surface area (Å²) in [6.45, 7) is 0.750. The van der Waals surface area contributed by atoms with Crippen LogP contribution in [-0.2, 0) is 6.54 Å². The third-order valence-electron chi connectivity index (χ3n) is 2.53. The number of nitrogens with one attached hydrogen (secondary N) is 1. The zero-order chi connectivity index (χ0) is 14.8. The van der Waals surface area contributed by atoms with Gasteiger partial charge in [0.2, 0.25) is 0 Å². The molecule has 5 heteroatoms. The molecule has 1 aromatic rings. The van der Waals surface area contributed by atoms with Crippen LogP contribution in [0.3, 0.4) is 0 Å². The predicted octanol–water partition coefficient (Wildman–Crippen LogP) is 3.19. The molecular formula is C15H19F2NO2. The third kappa shape index (κ3) is 5.89. The molecule has 20 heavy (non-hydrogen) atoms. The van der Waals surface area contributed by atoms with Gasteiger partial charge in [0.25, 0.3) is 0 Å². The zero-order valence-corrected chi connectivity index (χ0v) is 11.5. The number of rotatable bonds is 9. The molecule has 0 atom stereocenters. The number of benzene rings is 1. The molecule has 0 saturated heterocycles. The van der Waals surface area contributed by atoms with Gasteiger partial charge in [-0.2, -0.15) is 8.78 Å². The average Bonchev–Trinajstić information content (AvgIpc) is 2.41. The van der Waals surface area contributed by atoms with E-state index < -0.39 is 6.61 Å². The van der Waals surface area contributed by atoms with Crippen LogP contribution in [0.5, 0.6) is 11.5 Å². The summed E-state index contributed by atoms with van der Waals surface area (Å²) >= 11 is 0. The second-order valence-electron chi connectivity index (χ2n) is 4.08. The minimum Gasteiger partial charge on any atom is -0.490 e. The molecule has 0 aliphatic heterocycles. The maximum absolute atomic E-state index is 12.3. The number of unbranched alkanes of at least 4 members (excludes halogenated alkanes) is 1. The summed E-state index contributed by atoms with van der Waals surface area (Å²) in [6.07, 6.45) is 6.80. The van der Waals surface area contributed by atoms with Gasteiger partial charge >= 0.3 is 6.61 Å². The second-order valence-corrected chi connectivity index (χ2v) is 4.08. The molecule has 0 saturated carbocycles. The van der Waals surface area contributed by atoms with Crippen molar-refractivity contribution in [1.82, 2.24) is 5.32 Å². The molecule has 0 amide bonds. The van der Waals surface area contributed by atoms with E-state index in [4.69, 9.17) is 11.2 Å². The number of hydrogen-bond acceptors (Lipinski definition) is 3. The summed E-state index contributed by atoms with van der Waals surface area (Å²) in [7, 11) is 0. The van der Waals surface area contributed by atoms with E-state index in [1.165, 1.54) is 6.07 Å². The lowest BCUT2D eigenvalue weighted by Crippen LogP contribution is -2.14. The highest BCUT2D eigenvalue weighted by atomic mass is 19.3. The highest BCUT2D eigenvalue weighted by Crippen LogP contribution is 2.29. The quantitative estimate of drug-likeness (QED) is 0.557. The second kappa shape index (κ2) is 9.16. The molecule has 110 valence electrons. The standard InChI is InChI=1S/C15H19F2NO2/c1-3-5-6-9-18-11-12-7-8-13(20-15(16)17)14(10-12)19-4-2/h1,7-8,10,15,18H,4-6,9,11H2,2H3. The van der Waals surface area contributed by atoms with Crippen LogP contribution in [0.15, 0.2) is 18.2 Å². The maximum Gasteiger partial charge on any atom is 0.387 e. The van der Waals surface area contributed by atoms with Crippen molar-refractivity contribution in [3.05, 3.63) is 23.8 Å². The van der Waals surface area contributed by atoms with Gasteiger partial charge < -0.3 is 14.8 Å². The van der Waals surface area contributed by atoms with Gasteiger partial charge in [-0.3, -0.25) is 0 Å². The van der Waals surface area contributed by atoms with Crippen LogP contribution in [0.2, 0.25) is 0 Å². The molecule has 1 aromatic carbocycles. The molecule has 3 nitrogen and oxygen atoms in total. The van der Waals surface area contributed by atoms with E-state index in [-0.39, 0.29) is 5.75 Å². The summed E-state index contributed by atoms with van der Waals surface area (Å²) in [4.78, 5) is 0. The van der Waals surface area contributed by atoms with Gasteiger partial charge in [-0.25, -0.2) is 0 Å². The number of hydrogen-bond donors (Lipinski definition) is 1. The van der Waals surface area contributed by atoms with Crippen molar-refractivity contribution in [2.45, 2.75) is 32.9 Å². The van der Waals surface area contributed by atoms with Gasteiger partial charge in [-0.1, -0.05) is 6.07 Å². The first kappa shape index (κ1) is 16.3. The van der Waals surface area contributed by atoms with Crippen LogP contribution in [0, 0.1) is 12.3 Å². The SMILES string of the molecule is C#CCCCNCc1ccc(OC(F)F)c(OCC)c1. The van der Waals surface area contributed by atoms with E-state index in [0.717, 1.165) is 24.9 Å². The number of halogens is 2. The van der Waals surface area contributed by atoms with Crippen LogP contribution >= 0.6 is 0 Å². The van der Waals surface area contributed by atoms with Gasteiger partial charge in [0.1, 0.15) is 0 Å². The summed E-state index contributed by atoms with van der Waals surface area (Å²) in [5.74, 6) is 2.95. The van der Waals surface area contributed by atoms with Crippen LogP contribution in [-0.4, -0.2) is 19.8 Å². The minimum absolute atomic E-state index is 0.0536. The summed E-state index contributed by atoms with van der Waals surface area (Å²) < 4.78 is 34.2. The Morgan fingerprint density at radius 2 is 2.15 bits per heavy atom. The summed E-state index contributed by atoms with van der Waals surface area (Å²) in [5.41, 5.74) is 0.941. The molecule has 0 spiro atoms. The fraction of sp³-hybridized carbons (Fsp3) is 0.467. The molecule has 1 N–H and O–H groups in total. The van der Waals surface area contributed by atoms with Crippen molar-refractivity contribution in [2.75, 3.05) is 13.2 Å². The van der Waals surface area contributed by atoms with Crippen molar-refractivity contribution in [3.8, 4) is 23.8 Å². The summed E-state index contributed by atoms with van der Waals surface area (Å²) in [6, 6.07) is 4.93. The van der Waals surface area contributed by atoms with Crippen molar-refractivity contribution in [2.24, 2.45) is 0 Å². The largest absolute Gasteiger partial charge is 0.490 e. The van der Waals surface area contributed by atoms with E-state index >= 15 is 0 Å². The highest BCUT2D eigenvalue weighted by Gasteiger charge is 2.11. The highest BCUT2D eigenvalue weighted by molar-refractivity contribution is 5.43. The first-order chi connectivity index (χ1) is 9.67. The Balaban J connectivity index is 2.60. The first-order valence-corrected chi connectivity index (χ1v) is 6.52. The lowest BCUT2D eigenvalue weighted by molar-refractivity contribution is -0.0514. The Labute approximate surface area is 118 Å². The third-order valence-corrected chi connectivity index (χ3v) is 2.53. The number of terminal acetylenes is 1. The van der Waals surface area contributed by atoms with Gasteiger partial charge in [-0.05, 0) is 37.6 Å². The molecule has 0 fully saturated rings. The van der Waals surface area contributed by atoms with Crippen LogP contribution in [0.1, 0.15) is 25.3 Å². The predicted molar refractivity (Wildman–Crippen MR) is 74.0 cm³/mol. The molecular weight excluding hydrogens is 264 g/mol. The fourth-order valence-electron chi connectivity index (χ4n) is 1.67. The van der Waals surface area contributed by atoms with Crippen molar-refractivity contribution in [1.29, 1.82) is 0 Å². The summed E-state index contributed by atoms with van der Waals surface area (Å²) in [5, 5.41) is 3.23. The van der Waals surface area contributed by atoms with Crippen molar-refractivity contribution >= 4 is 0 Å². The minimum atomic E-state index is -2.86. The molecule has 0 heterocycles. The van der Waals surface area contributed by atoms with Crippen LogP contribution in [0.4, 0.5) is 8.78 Å². The zero-order valence-electron chi connectivity index (χ0n) is 11.5. The van der Waals surface area contributed by atoms with E-state index in [0.29, 0.717) is 18.9 Å². The van der Waals surface area contributed by atoms with Gasteiger partial charge in [0, 0.05) is 13.0 Å². The lowest BCUT2D eigenvalue weighted by Gasteiger charge is -2.13. The Morgan fingerprint density at radius 1 is 1.35 bits per heavy atom. The number of alkyl halides is 2. The molecule has 0 radical (unpaired) electrons. The van der Waals surface area contributed by atoms with Crippen molar-refractivity contribution in [3.63, 3.8) is 0 Å². The molecule has 0 unspecified atom stereocenters. The molecule has 0 aromatic heterocycles. The Morgan fingerprint density at radius 3 is 2.80 bits per heavy atom. The topological polar surface area (TPSA) is 30.5 Å². The van der Waals surface area contributed by atoms with Crippen molar-refractivity contribution < 1.29 is 18.3 Å². The van der Waals surface area contributed by atoms with Gasteiger partial charge in [0.15, 0.2) is 11.5 Å². The van der Waals surface area contributed by atoms with Crippen LogP contribution in [0.25, 0.3) is 0 Å². The fourth-order valence-corrected chi connectivity index (χ4v) is 1.67. The molecule has 0 aliphatic rings. The maximum atomic E-state index is 12.3. The van der Waals surface area contributed by atoms with E-state index in [9.17, 15) is 8.78 Å². The first-order valence-electron chi connectivity index (χ1n) is 6.52. The normalized spacial score (nSPS) is 10.3. The van der Waals surface area contributed by atoms with E-state index in [1.54, 1.807) is 19.1 Å². The number of ether oxygens (including phenoxy) is 2. The van der Waals surface area contributed by atoms with E-state index in [1.807, 2.05) is 0 Å². The van der Waals surface area contributed by atoms with Gasteiger partial charge in [0.05, 0.1) is 6.61 Å². The smallest absolute Gasteiger partial charge is 0.387 e. The van der Waals surface area contributed by atoms with Crippen LogP contribution < -0.4 is 14.8 Å². The molecule has 1 rings (SSSR count).